The number of halogens is 1. The van der Waals surface area contributed by atoms with Crippen LogP contribution in [0.1, 0.15) is 24.0 Å². The molecule has 1 heterocycles. The second-order valence-corrected chi connectivity index (χ2v) is 9.54. The number of guanidine groups is 1. The molecule has 0 unspecified atom stereocenters. The summed E-state index contributed by atoms with van der Waals surface area (Å²) in [5.74, 6) is 0.777. The number of nitrogens with one attached hydrogen (secondary N) is 2. The standard InChI is InChI=1S/C22H30N4O2S.HI/c1-23-22(24-16-18-8-10-21(11-9-18)29(2,27)28)25-20-12-14-26(15-13-20)17-19-6-4-3-5-7-19;/h3-11,20H,12-17H2,1-2H3,(H2,23,24,25);1H. The summed E-state index contributed by atoms with van der Waals surface area (Å²) in [7, 11) is -1.39. The number of aliphatic imine (C=N–C) groups is 1. The highest BCUT2D eigenvalue weighted by Crippen LogP contribution is 2.14. The van der Waals surface area contributed by atoms with Crippen LogP contribution in [0.3, 0.4) is 0 Å². The van der Waals surface area contributed by atoms with Crippen LogP contribution in [-0.4, -0.2) is 51.7 Å². The third kappa shape index (κ3) is 7.55. The van der Waals surface area contributed by atoms with Gasteiger partial charge in [-0.25, -0.2) is 8.42 Å². The van der Waals surface area contributed by atoms with Crippen LogP contribution < -0.4 is 10.6 Å². The molecule has 2 aromatic carbocycles. The highest BCUT2D eigenvalue weighted by molar-refractivity contribution is 14.0. The number of sulfone groups is 1. The lowest BCUT2D eigenvalue weighted by molar-refractivity contribution is 0.198. The van der Waals surface area contributed by atoms with Crippen molar-refractivity contribution in [2.45, 2.75) is 36.9 Å². The van der Waals surface area contributed by atoms with Crippen molar-refractivity contribution in [3.8, 4) is 0 Å². The number of benzene rings is 2. The molecule has 30 heavy (non-hydrogen) atoms. The molecule has 0 atom stereocenters. The van der Waals surface area contributed by atoms with Gasteiger partial charge in [0.05, 0.1) is 4.90 Å². The van der Waals surface area contributed by atoms with E-state index in [2.05, 4.69) is 50.9 Å². The van der Waals surface area contributed by atoms with Gasteiger partial charge in [-0.3, -0.25) is 9.89 Å². The van der Waals surface area contributed by atoms with Crippen LogP contribution in [0.25, 0.3) is 0 Å². The van der Waals surface area contributed by atoms with E-state index in [1.165, 1.54) is 11.8 Å². The maximum absolute atomic E-state index is 11.6. The van der Waals surface area contributed by atoms with Crippen molar-refractivity contribution >= 4 is 39.8 Å². The molecule has 8 heteroatoms. The molecule has 1 saturated heterocycles. The molecule has 1 fully saturated rings. The van der Waals surface area contributed by atoms with Gasteiger partial charge in [-0.15, -0.1) is 24.0 Å². The maximum Gasteiger partial charge on any atom is 0.191 e. The summed E-state index contributed by atoms with van der Waals surface area (Å²) in [6.45, 7) is 3.73. The Morgan fingerprint density at radius 3 is 2.23 bits per heavy atom. The quantitative estimate of drug-likeness (QED) is 0.334. The fourth-order valence-corrected chi connectivity index (χ4v) is 4.14. The van der Waals surface area contributed by atoms with E-state index in [4.69, 9.17) is 0 Å². The Kier molecular flexibility index (Phi) is 9.57. The van der Waals surface area contributed by atoms with Crippen molar-refractivity contribution < 1.29 is 8.42 Å². The van der Waals surface area contributed by atoms with Crippen molar-refractivity contribution in [3.05, 3.63) is 65.7 Å². The predicted octanol–water partition coefficient (Wildman–Crippen LogP) is 3.04. The van der Waals surface area contributed by atoms with Crippen molar-refractivity contribution in [1.29, 1.82) is 0 Å². The molecule has 6 nitrogen and oxygen atoms in total. The SMILES string of the molecule is CN=C(NCc1ccc(S(C)(=O)=O)cc1)NC1CCN(Cc2ccccc2)CC1.I. The number of piperidine rings is 1. The Labute approximate surface area is 197 Å². The minimum Gasteiger partial charge on any atom is -0.354 e. The van der Waals surface area contributed by atoms with Crippen LogP contribution in [0.4, 0.5) is 0 Å². The molecular weight excluding hydrogens is 511 g/mol. The van der Waals surface area contributed by atoms with E-state index in [9.17, 15) is 8.42 Å². The van der Waals surface area contributed by atoms with Crippen molar-refractivity contribution in [1.82, 2.24) is 15.5 Å². The van der Waals surface area contributed by atoms with Gasteiger partial charge in [0.25, 0.3) is 0 Å². The molecule has 0 aliphatic carbocycles. The van der Waals surface area contributed by atoms with Gasteiger partial charge in [-0.1, -0.05) is 42.5 Å². The number of likely N-dealkylation sites (tertiary alicyclic amines) is 1. The van der Waals surface area contributed by atoms with Gasteiger partial charge in [0.2, 0.25) is 0 Å². The Balaban J connectivity index is 0.00000320. The lowest BCUT2D eigenvalue weighted by atomic mass is 10.0. The smallest absolute Gasteiger partial charge is 0.191 e. The Morgan fingerprint density at radius 1 is 1.03 bits per heavy atom. The van der Waals surface area contributed by atoms with Crippen molar-refractivity contribution in [2.24, 2.45) is 4.99 Å². The molecule has 2 aromatic rings. The second-order valence-electron chi connectivity index (χ2n) is 7.52. The summed E-state index contributed by atoms with van der Waals surface area (Å²) in [4.78, 5) is 7.16. The van der Waals surface area contributed by atoms with Crippen LogP contribution in [0, 0.1) is 0 Å². The van der Waals surface area contributed by atoms with Crippen LogP contribution in [-0.2, 0) is 22.9 Å². The Morgan fingerprint density at radius 2 is 1.67 bits per heavy atom. The van der Waals surface area contributed by atoms with E-state index in [0.717, 1.165) is 44.0 Å². The number of hydrogen-bond acceptors (Lipinski definition) is 4. The molecule has 3 rings (SSSR count). The summed E-state index contributed by atoms with van der Waals surface area (Å²) in [6.07, 6.45) is 3.38. The van der Waals surface area contributed by atoms with E-state index in [0.29, 0.717) is 17.5 Å². The average molecular weight is 542 g/mol. The van der Waals surface area contributed by atoms with Gasteiger partial charge in [-0.2, -0.15) is 0 Å². The van der Waals surface area contributed by atoms with E-state index < -0.39 is 9.84 Å². The van der Waals surface area contributed by atoms with Gasteiger partial charge >= 0.3 is 0 Å². The molecule has 0 spiro atoms. The molecule has 1 aliphatic heterocycles. The van der Waals surface area contributed by atoms with E-state index >= 15 is 0 Å². The summed E-state index contributed by atoms with van der Waals surface area (Å²) in [5, 5.41) is 6.83. The molecule has 0 bridgehead atoms. The zero-order valence-electron chi connectivity index (χ0n) is 17.5. The summed E-state index contributed by atoms with van der Waals surface area (Å²) >= 11 is 0. The lowest BCUT2D eigenvalue weighted by Crippen LogP contribution is -2.48. The summed E-state index contributed by atoms with van der Waals surface area (Å²) < 4.78 is 23.1. The Hall–Kier alpha value is -1.65. The van der Waals surface area contributed by atoms with Gasteiger partial charge in [0, 0.05) is 45.5 Å². The molecule has 0 amide bonds. The van der Waals surface area contributed by atoms with Crippen molar-refractivity contribution in [3.63, 3.8) is 0 Å². The maximum atomic E-state index is 11.6. The summed E-state index contributed by atoms with van der Waals surface area (Å²) in [5.41, 5.74) is 2.37. The zero-order valence-corrected chi connectivity index (χ0v) is 20.7. The predicted molar refractivity (Wildman–Crippen MR) is 133 cm³/mol. The molecule has 0 radical (unpaired) electrons. The van der Waals surface area contributed by atoms with Gasteiger partial charge in [-0.05, 0) is 36.1 Å². The molecule has 164 valence electrons. The molecule has 2 N–H and O–H groups in total. The molecule has 0 aromatic heterocycles. The van der Waals surface area contributed by atoms with E-state index in [1.54, 1.807) is 19.2 Å². The van der Waals surface area contributed by atoms with Crippen LogP contribution >= 0.6 is 24.0 Å². The van der Waals surface area contributed by atoms with E-state index in [1.807, 2.05) is 12.1 Å². The number of rotatable bonds is 6. The fourth-order valence-electron chi connectivity index (χ4n) is 3.51. The summed E-state index contributed by atoms with van der Waals surface area (Å²) in [6, 6.07) is 18.0. The largest absolute Gasteiger partial charge is 0.354 e. The highest BCUT2D eigenvalue weighted by Gasteiger charge is 2.20. The number of nitrogens with zero attached hydrogens (tertiary/aromatic N) is 2. The highest BCUT2D eigenvalue weighted by atomic mass is 127. The first-order valence-corrected chi connectivity index (χ1v) is 11.9. The van der Waals surface area contributed by atoms with Crippen LogP contribution in [0.2, 0.25) is 0 Å². The van der Waals surface area contributed by atoms with Crippen LogP contribution in [0.5, 0.6) is 0 Å². The van der Waals surface area contributed by atoms with Gasteiger partial charge < -0.3 is 10.6 Å². The topological polar surface area (TPSA) is 73.8 Å². The Bertz CT molecular complexity index is 910. The second kappa shape index (κ2) is 11.7. The monoisotopic (exact) mass is 542 g/mol. The van der Waals surface area contributed by atoms with E-state index in [-0.39, 0.29) is 24.0 Å². The van der Waals surface area contributed by atoms with Crippen molar-refractivity contribution in [2.75, 3.05) is 26.4 Å². The van der Waals surface area contributed by atoms with Crippen LogP contribution in [0.15, 0.2) is 64.5 Å². The minimum atomic E-state index is -3.16. The normalized spacial score (nSPS) is 16.0. The first-order valence-electron chi connectivity index (χ1n) is 9.96. The minimum absolute atomic E-state index is 0. The third-order valence-corrected chi connectivity index (χ3v) is 6.34. The lowest BCUT2D eigenvalue weighted by Gasteiger charge is -2.33. The number of hydrogen-bond donors (Lipinski definition) is 2. The first-order chi connectivity index (χ1) is 13.9. The molecule has 1 aliphatic rings. The molecule has 0 saturated carbocycles. The third-order valence-electron chi connectivity index (χ3n) is 5.21. The van der Waals surface area contributed by atoms with Gasteiger partial charge in [0.15, 0.2) is 15.8 Å². The average Bonchev–Trinajstić information content (AvgIpc) is 2.73. The molecular formula is C22H31IN4O2S. The fraction of sp³-hybridized carbons (Fsp3) is 0.409. The zero-order chi connectivity index (χ0) is 20.7. The van der Waals surface area contributed by atoms with Gasteiger partial charge in [0.1, 0.15) is 0 Å². The first kappa shape index (κ1) is 24.6.